The number of anilines is 1. The summed E-state index contributed by atoms with van der Waals surface area (Å²) in [5.41, 5.74) is 1.71. The van der Waals surface area contributed by atoms with Crippen molar-refractivity contribution in [3.05, 3.63) is 36.0 Å². The van der Waals surface area contributed by atoms with Gasteiger partial charge in [-0.1, -0.05) is 0 Å². The van der Waals surface area contributed by atoms with Gasteiger partial charge in [0.05, 0.1) is 6.04 Å². The van der Waals surface area contributed by atoms with Crippen molar-refractivity contribution >= 4 is 24.0 Å². The molecular weight excluding hydrogens is 304 g/mol. The van der Waals surface area contributed by atoms with E-state index in [4.69, 9.17) is 4.74 Å². The van der Waals surface area contributed by atoms with Gasteiger partial charge in [-0.25, -0.2) is 0 Å². The minimum absolute atomic E-state index is 0. The molecule has 2 aromatic rings. The third-order valence-corrected chi connectivity index (χ3v) is 3.40. The van der Waals surface area contributed by atoms with Crippen molar-refractivity contribution in [1.82, 2.24) is 15.5 Å². The summed E-state index contributed by atoms with van der Waals surface area (Å²) in [6.07, 6.45) is 1.94. The average Bonchev–Trinajstić information content (AvgIpc) is 3.13. The number of nitrogens with one attached hydrogen (secondary N) is 3. The van der Waals surface area contributed by atoms with E-state index < -0.39 is 0 Å². The molecule has 118 valence electrons. The van der Waals surface area contributed by atoms with Gasteiger partial charge in [0.25, 0.3) is 0 Å². The third-order valence-electron chi connectivity index (χ3n) is 3.40. The van der Waals surface area contributed by atoms with E-state index in [-0.39, 0.29) is 24.4 Å². The number of nitrogens with zero attached hydrogens (tertiary/aromatic N) is 1. The maximum Gasteiger partial charge on any atom is 0.241 e. The van der Waals surface area contributed by atoms with Crippen molar-refractivity contribution in [3.63, 3.8) is 0 Å². The van der Waals surface area contributed by atoms with Crippen LogP contribution in [-0.2, 0) is 4.79 Å². The summed E-state index contributed by atoms with van der Waals surface area (Å²) in [6.45, 7) is 2.82. The smallest absolute Gasteiger partial charge is 0.241 e. The molecule has 22 heavy (non-hydrogen) atoms. The largest absolute Gasteiger partial charge is 0.438 e. The lowest BCUT2D eigenvalue weighted by molar-refractivity contribution is -0.117. The predicted octanol–water partition coefficient (Wildman–Crippen LogP) is 2.62. The number of aromatic amines is 1. The Balaban J connectivity index is 0.00000176. The van der Waals surface area contributed by atoms with Crippen LogP contribution in [0, 0.1) is 6.92 Å². The third kappa shape index (κ3) is 3.99. The molecule has 1 amide bonds. The van der Waals surface area contributed by atoms with Gasteiger partial charge < -0.3 is 15.4 Å². The molecule has 1 atom stereocenters. The fraction of sp³-hybridized carbons (Fsp3) is 0.333. The Morgan fingerprint density at radius 3 is 2.73 bits per heavy atom. The van der Waals surface area contributed by atoms with Gasteiger partial charge in [-0.05, 0) is 50.6 Å². The number of aryl methyl sites for hydroxylation is 1. The lowest BCUT2D eigenvalue weighted by Gasteiger charge is -2.11. The van der Waals surface area contributed by atoms with Crippen LogP contribution >= 0.6 is 12.4 Å². The highest BCUT2D eigenvalue weighted by Crippen LogP contribution is 2.22. The van der Waals surface area contributed by atoms with E-state index in [1.807, 2.05) is 37.3 Å². The predicted molar refractivity (Wildman–Crippen MR) is 86.7 cm³/mol. The molecule has 1 aliphatic rings. The first kappa shape index (κ1) is 16.3. The van der Waals surface area contributed by atoms with Crippen molar-refractivity contribution in [3.8, 4) is 11.6 Å². The maximum absolute atomic E-state index is 12.0. The SMILES string of the molecule is Cc1cc(Oc2ccc(NC(=O)C3CCCN3)cc2)n[nH]1.Cl. The number of aromatic nitrogens is 2. The van der Waals surface area contributed by atoms with E-state index >= 15 is 0 Å². The first-order chi connectivity index (χ1) is 10.2. The van der Waals surface area contributed by atoms with Crippen LogP contribution in [0.1, 0.15) is 18.5 Å². The monoisotopic (exact) mass is 322 g/mol. The summed E-state index contributed by atoms with van der Waals surface area (Å²) >= 11 is 0. The van der Waals surface area contributed by atoms with Gasteiger partial charge in [0, 0.05) is 17.4 Å². The van der Waals surface area contributed by atoms with Gasteiger partial charge in [0.15, 0.2) is 0 Å². The molecule has 0 saturated carbocycles. The number of hydrogen-bond donors (Lipinski definition) is 3. The maximum atomic E-state index is 12.0. The molecular formula is C15H19ClN4O2. The highest BCUT2D eigenvalue weighted by molar-refractivity contribution is 5.95. The molecule has 1 fully saturated rings. The van der Waals surface area contributed by atoms with E-state index in [0.717, 1.165) is 30.8 Å². The second-order valence-corrected chi connectivity index (χ2v) is 5.15. The molecule has 1 aliphatic heterocycles. The Morgan fingerprint density at radius 2 is 2.14 bits per heavy atom. The van der Waals surface area contributed by atoms with Gasteiger partial charge in [-0.2, -0.15) is 0 Å². The van der Waals surface area contributed by atoms with Crippen molar-refractivity contribution < 1.29 is 9.53 Å². The zero-order chi connectivity index (χ0) is 14.7. The average molecular weight is 323 g/mol. The summed E-state index contributed by atoms with van der Waals surface area (Å²) in [5.74, 6) is 1.22. The molecule has 1 saturated heterocycles. The number of hydrogen-bond acceptors (Lipinski definition) is 4. The van der Waals surface area contributed by atoms with Crippen LogP contribution in [-0.4, -0.2) is 28.7 Å². The quantitative estimate of drug-likeness (QED) is 0.808. The summed E-state index contributed by atoms with van der Waals surface area (Å²) in [4.78, 5) is 12.0. The van der Waals surface area contributed by atoms with Gasteiger partial charge in [-0.15, -0.1) is 17.5 Å². The Labute approximate surface area is 135 Å². The van der Waals surface area contributed by atoms with Gasteiger partial charge in [0.1, 0.15) is 5.75 Å². The molecule has 6 nitrogen and oxygen atoms in total. The minimum atomic E-state index is -0.0760. The number of ether oxygens (including phenoxy) is 1. The number of benzene rings is 1. The lowest BCUT2D eigenvalue weighted by atomic mass is 10.2. The highest BCUT2D eigenvalue weighted by atomic mass is 35.5. The van der Waals surface area contributed by atoms with Crippen molar-refractivity contribution in [1.29, 1.82) is 0 Å². The Kier molecular flexibility index (Phi) is 5.41. The summed E-state index contributed by atoms with van der Waals surface area (Å²) in [7, 11) is 0. The van der Waals surface area contributed by atoms with Crippen LogP contribution in [0.5, 0.6) is 11.6 Å². The fourth-order valence-corrected chi connectivity index (χ4v) is 2.31. The van der Waals surface area contributed by atoms with Crippen molar-refractivity contribution in [2.45, 2.75) is 25.8 Å². The number of H-pyrrole nitrogens is 1. The van der Waals surface area contributed by atoms with Crippen LogP contribution < -0.4 is 15.4 Å². The number of amides is 1. The molecule has 3 N–H and O–H groups in total. The van der Waals surface area contributed by atoms with Gasteiger partial charge in [-0.3, -0.25) is 9.89 Å². The zero-order valence-electron chi connectivity index (χ0n) is 12.3. The summed E-state index contributed by atoms with van der Waals surface area (Å²) < 4.78 is 5.59. The first-order valence-electron chi connectivity index (χ1n) is 7.05. The first-order valence-corrected chi connectivity index (χ1v) is 7.05. The van der Waals surface area contributed by atoms with E-state index in [2.05, 4.69) is 20.8 Å². The molecule has 2 heterocycles. The van der Waals surface area contributed by atoms with E-state index in [1.54, 1.807) is 0 Å². The molecule has 7 heteroatoms. The second kappa shape index (κ2) is 7.29. The zero-order valence-corrected chi connectivity index (χ0v) is 13.1. The number of carbonyl (C=O) groups excluding carboxylic acids is 1. The van der Waals surface area contributed by atoms with Gasteiger partial charge in [0.2, 0.25) is 11.8 Å². The summed E-state index contributed by atoms with van der Waals surface area (Å²) in [6, 6.07) is 9.00. The highest BCUT2D eigenvalue weighted by Gasteiger charge is 2.21. The molecule has 1 aromatic carbocycles. The van der Waals surface area contributed by atoms with Crippen molar-refractivity contribution in [2.24, 2.45) is 0 Å². The van der Waals surface area contributed by atoms with Crippen LogP contribution in [0.3, 0.4) is 0 Å². The molecule has 0 bridgehead atoms. The second-order valence-electron chi connectivity index (χ2n) is 5.15. The molecule has 0 aliphatic carbocycles. The Bertz CT molecular complexity index is 621. The normalized spacial score (nSPS) is 16.9. The van der Waals surface area contributed by atoms with Gasteiger partial charge >= 0.3 is 0 Å². The van der Waals surface area contributed by atoms with E-state index in [9.17, 15) is 4.79 Å². The summed E-state index contributed by atoms with van der Waals surface area (Å²) in [5, 5.41) is 12.9. The lowest BCUT2D eigenvalue weighted by Crippen LogP contribution is -2.35. The Morgan fingerprint density at radius 1 is 1.36 bits per heavy atom. The molecule has 1 unspecified atom stereocenters. The molecule has 1 aromatic heterocycles. The Hall–Kier alpha value is -2.05. The van der Waals surface area contributed by atoms with E-state index in [0.29, 0.717) is 11.6 Å². The van der Waals surface area contributed by atoms with Crippen molar-refractivity contribution in [2.75, 3.05) is 11.9 Å². The van der Waals surface area contributed by atoms with Crippen LogP contribution in [0.15, 0.2) is 30.3 Å². The number of halogens is 1. The molecule has 0 radical (unpaired) electrons. The van der Waals surface area contributed by atoms with E-state index in [1.165, 1.54) is 0 Å². The molecule has 3 rings (SSSR count). The number of carbonyl (C=O) groups is 1. The number of rotatable bonds is 4. The molecule has 0 spiro atoms. The topological polar surface area (TPSA) is 79.0 Å². The van der Waals surface area contributed by atoms with Crippen LogP contribution in [0.25, 0.3) is 0 Å². The van der Waals surface area contributed by atoms with Crippen LogP contribution in [0.4, 0.5) is 5.69 Å². The van der Waals surface area contributed by atoms with Crippen LogP contribution in [0.2, 0.25) is 0 Å². The fourth-order valence-electron chi connectivity index (χ4n) is 2.31. The minimum Gasteiger partial charge on any atom is -0.438 e. The standard InChI is InChI=1S/C15H18N4O2.ClH/c1-10-9-14(19-18-10)21-12-6-4-11(5-7-12)17-15(20)13-3-2-8-16-13;/h4-7,9,13,16H,2-3,8H2,1H3,(H,17,20)(H,18,19);1H.